The molecule has 10 heteroatoms. The van der Waals surface area contributed by atoms with Crippen LogP contribution in [0.3, 0.4) is 0 Å². The Bertz CT molecular complexity index is 1090. The highest BCUT2D eigenvalue weighted by molar-refractivity contribution is 7.99. The first-order chi connectivity index (χ1) is 15.6. The lowest BCUT2D eigenvalue weighted by Crippen LogP contribution is -2.17. The lowest BCUT2D eigenvalue weighted by atomic mass is 10.1. The fourth-order valence-electron chi connectivity index (χ4n) is 3.81. The minimum Gasteiger partial charge on any atom is -0.462 e. The van der Waals surface area contributed by atoms with Crippen LogP contribution >= 0.6 is 23.1 Å². The van der Waals surface area contributed by atoms with Crippen LogP contribution in [0.25, 0.3) is 11.6 Å². The summed E-state index contributed by atoms with van der Waals surface area (Å²) in [4.78, 5) is 26.6. The van der Waals surface area contributed by atoms with Gasteiger partial charge in [0, 0.05) is 11.4 Å². The minimum absolute atomic E-state index is 0.154. The van der Waals surface area contributed by atoms with Crippen LogP contribution in [0.5, 0.6) is 0 Å². The van der Waals surface area contributed by atoms with Crippen LogP contribution in [0.15, 0.2) is 28.0 Å². The zero-order valence-electron chi connectivity index (χ0n) is 18.2. The maximum Gasteiger partial charge on any atom is 0.341 e. The first kappa shape index (κ1) is 22.6. The normalized spacial score (nSPS) is 13.4. The SMILES string of the molecule is CCOC(=O)c1c(NC(=O)CSc2nnc(-c3ccco3)n2CC)sc2c1CCCCC2. The molecule has 0 saturated carbocycles. The van der Waals surface area contributed by atoms with E-state index in [1.165, 1.54) is 28.0 Å². The van der Waals surface area contributed by atoms with E-state index >= 15 is 0 Å². The molecule has 0 fully saturated rings. The van der Waals surface area contributed by atoms with Gasteiger partial charge >= 0.3 is 5.97 Å². The smallest absolute Gasteiger partial charge is 0.341 e. The van der Waals surface area contributed by atoms with E-state index in [1.807, 2.05) is 17.6 Å². The van der Waals surface area contributed by atoms with Crippen LogP contribution in [0.1, 0.15) is 53.9 Å². The summed E-state index contributed by atoms with van der Waals surface area (Å²) in [5, 5.41) is 12.6. The van der Waals surface area contributed by atoms with Crippen molar-refractivity contribution in [3.05, 3.63) is 34.4 Å². The Morgan fingerprint density at radius 2 is 2.09 bits per heavy atom. The molecule has 0 aromatic carbocycles. The number of hydrogen-bond acceptors (Lipinski definition) is 8. The number of hydrogen-bond donors (Lipinski definition) is 1. The number of amides is 1. The Kier molecular flexibility index (Phi) is 7.31. The highest BCUT2D eigenvalue weighted by Crippen LogP contribution is 2.38. The van der Waals surface area contributed by atoms with Crippen molar-refractivity contribution < 1.29 is 18.7 Å². The zero-order valence-corrected chi connectivity index (χ0v) is 19.8. The molecule has 1 amide bonds. The van der Waals surface area contributed by atoms with Gasteiger partial charge < -0.3 is 14.5 Å². The molecule has 1 aliphatic rings. The molecule has 0 saturated heterocycles. The van der Waals surface area contributed by atoms with Crippen LogP contribution in [0.2, 0.25) is 0 Å². The van der Waals surface area contributed by atoms with Crippen LogP contribution in [0.4, 0.5) is 5.00 Å². The van der Waals surface area contributed by atoms with Gasteiger partial charge in [-0.2, -0.15) is 0 Å². The van der Waals surface area contributed by atoms with Gasteiger partial charge in [0.1, 0.15) is 5.00 Å². The Hall–Kier alpha value is -2.59. The van der Waals surface area contributed by atoms with E-state index in [0.29, 0.717) is 40.5 Å². The number of furan rings is 1. The largest absolute Gasteiger partial charge is 0.462 e. The molecular formula is C22H26N4O4S2. The molecule has 3 aromatic heterocycles. The van der Waals surface area contributed by atoms with Crippen LogP contribution in [0, 0.1) is 0 Å². The lowest BCUT2D eigenvalue weighted by molar-refractivity contribution is -0.113. The highest BCUT2D eigenvalue weighted by atomic mass is 32.2. The van der Waals surface area contributed by atoms with E-state index in [0.717, 1.165) is 37.7 Å². The molecule has 0 aliphatic heterocycles. The van der Waals surface area contributed by atoms with Gasteiger partial charge in [-0.1, -0.05) is 18.2 Å². The van der Waals surface area contributed by atoms with Gasteiger partial charge in [0.05, 0.1) is 24.2 Å². The summed E-state index contributed by atoms with van der Waals surface area (Å²) < 4.78 is 12.6. The summed E-state index contributed by atoms with van der Waals surface area (Å²) in [7, 11) is 0. The molecule has 0 atom stereocenters. The molecular weight excluding hydrogens is 448 g/mol. The van der Waals surface area contributed by atoms with Crippen molar-refractivity contribution in [2.24, 2.45) is 0 Å². The number of thioether (sulfide) groups is 1. The van der Waals surface area contributed by atoms with E-state index in [4.69, 9.17) is 9.15 Å². The number of carbonyl (C=O) groups excluding carboxylic acids is 2. The number of fused-ring (bicyclic) bond motifs is 1. The van der Waals surface area contributed by atoms with Crippen molar-refractivity contribution in [3.8, 4) is 11.6 Å². The van der Waals surface area contributed by atoms with Crippen LogP contribution < -0.4 is 5.32 Å². The third-order valence-electron chi connectivity index (χ3n) is 5.26. The van der Waals surface area contributed by atoms with Gasteiger partial charge in [-0.25, -0.2) is 4.79 Å². The van der Waals surface area contributed by atoms with E-state index in [2.05, 4.69) is 15.5 Å². The number of aryl methyl sites for hydroxylation is 1. The number of carbonyl (C=O) groups is 2. The van der Waals surface area contributed by atoms with Crippen molar-refractivity contribution in [1.82, 2.24) is 14.8 Å². The van der Waals surface area contributed by atoms with Crippen molar-refractivity contribution >= 4 is 40.0 Å². The summed E-state index contributed by atoms with van der Waals surface area (Å²) in [5.41, 5.74) is 1.58. The van der Waals surface area contributed by atoms with E-state index in [-0.39, 0.29) is 17.6 Å². The predicted molar refractivity (Wildman–Crippen MR) is 124 cm³/mol. The molecule has 0 spiro atoms. The molecule has 170 valence electrons. The number of nitrogens with one attached hydrogen (secondary N) is 1. The monoisotopic (exact) mass is 474 g/mol. The third kappa shape index (κ3) is 4.75. The number of rotatable bonds is 8. The Morgan fingerprint density at radius 1 is 1.25 bits per heavy atom. The van der Waals surface area contributed by atoms with Gasteiger partial charge in [0.25, 0.3) is 0 Å². The summed E-state index contributed by atoms with van der Waals surface area (Å²) in [5.74, 6) is 0.869. The number of ether oxygens (including phenoxy) is 1. The molecule has 0 unspecified atom stereocenters. The predicted octanol–water partition coefficient (Wildman–Crippen LogP) is 4.80. The van der Waals surface area contributed by atoms with Gasteiger partial charge in [-0.15, -0.1) is 21.5 Å². The van der Waals surface area contributed by atoms with E-state index < -0.39 is 0 Å². The first-order valence-electron chi connectivity index (χ1n) is 10.8. The van der Waals surface area contributed by atoms with Gasteiger partial charge in [-0.05, 0) is 57.2 Å². The summed E-state index contributed by atoms with van der Waals surface area (Å²) in [6.45, 7) is 4.73. The second kappa shape index (κ2) is 10.4. The average Bonchev–Trinajstić information content (AvgIpc) is 3.48. The first-order valence-corrected chi connectivity index (χ1v) is 12.6. The molecule has 8 nitrogen and oxygen atoms in total. The van der Waals surface area contributed by atoms with Crippen molar-refractivity contribution in [2.75, 3.05) is 17.7 Å². The van der Waals surface area contributed by atoms with Crippen LogP contribution in [-0.2, 0) is 28.9 Å². The summed E-state index contributed by atoms with van der Waals surface area (Å²) in [6.07, 6.45) is 6.67. The standard InChI is InChI=1S/C22H26N4O4S2/c1-3-26-19(15-10-8-12-30-15)24-25-22(26)31-13-17(27)23-20-18(21(28)29-4-2)14-9-6-5-7-11-16(14)32-20/h8,10,12H,3-7,9,11,13H2,1-2H3,(H,23,27). The van der Waals surface area contributed by atoms with Crippen molar-refractivity contribution in [2.45, 2.75) is 57.7 Å². The van der Waals surface area contributed by atoms with E-state index in [1.54, 1.807) is 19.3 Å². The highest BCUT2D eigenvalue weighted by Gasteiger charge is 2.27. The molecule has 1 aliphatic carbocycles. The molecule has 3 aromatic rings. The molecule has 0 bridgehead atoms. The zero-order chi connectivity index (χ0) is 22.5. The fourth-order valence-corrected chi connectivity index (χ4v) is 5.91. The van der Waals surface area contributed by atoms with Crippen molar-refractivity contribution in [3.63, 3.8) is 0 Å². The van der Waals surface area contributed by atoms with Crippen LogP contribution in [-0.4, -0.2) is 39.0 Å². The van der Waals surface area contributed by atoms with Gasteiger partial charge in [0.2, 0.25) is 5.91 Å². The average molecular weight is 475 g/mol. The lowest BCUT2D eigenvalue weighted by Gasteiger charge is -2.09. The minimum atomic E-state index is -0.358. The Balaban J connectivity index is 1.48. The summed E-state index contributed by atoms with van der Waals surface area (Å²) >= 11 is 2.81. The second-order valence-corrected chi connectivity index (χ2v) is 9.40. The number of esters is 1. The Morgan fingerprint density at radius 3 is 2.84 bits per heavy atom. The number of thiophene rings is 1. The van der Waals surface area contributed by atoms with E-state index in [9.17, 15) is 9.59 Å². The topological polar surface area (TPSA) is 99.2 Å². The van der Waals surface area contributed by atoms with Crippen molar-refractivity contribution in [1.29, 1.82) is 0 Å². The van der Waals surface area contributed by atoms with Gasteiger partial charge in [-0.3, -0.25) is 9.36 Å². The summed E-state index contributed by atoms with van der Waals surface area (Å²) in [6, 6.07) is 3.63. The molecule has 1 N–H and O–H groups in total. The fraction of sp³-hybridized carbons (Fsp3) is 0.455. The number of aromatic nitrogens is 3. The molecule has 3 heterocycles. The number of nitrogens with zero attached hydrogens (tertiary/aromatic N) is 3. The molecule has 0 radical (unpaired) electrons. The third-order valence-corrected chi connectivity index (χ3v) is 7.43. The second-order valence-electron chi connectivity index (χ2n) is 7.35. The maximum atomic E-state index is 12.8. The molecule has 4 rings (SSSR count). The molecule has 32 heavy (non-hydrogen) atoms. The maximum absolute atomic E-state index is 12.8. The quantitative estimate of drug-likeness (QED) is 0.284. The Labute approximate surface area is 194 Å². The van der Waals surface area contributed by atoms with Gasteiger partial charge in [0.15, 0.2) is 16.7 Å². The number of anilines is 1.